The van der Waals surface area contributed by atoms with E-state index in [0.717, 1.165) is 17.4 Å². The molecule has 1 fully saturated rings. The maximum absolute atomic E-state index is 12.5. The van der Waals surface area contributed by atoms with Crippen molar-refractivity contribution in [3.63, 3.8) is 0 Å². The lowest BCUT2D eigenvalue weighted by atomic mass is 10.0. The van der Waals surface area contributed by atoms with Crippen LogP contribution in [0.25, 0.3) is 22.4 Å². The molecule has 1 aliphatic heterocycles. The summed E-state index contributed by atoms with van der Waals surface area (Å²) in [7, 11) is 0. The molecule has 0 spiro atoms. The summed E-state index contributed by atoms with van der Waals surface area (Å²) >= 11 is 2.18. The SMILES string of the molecule is CCCCCc1ccc(-c2cc3cn([C@H]4C[C@H](O)[C@@H](CI)O4)c(=O)nc3o2)cc1. The molecule has 3 heterocycles. The van der Waals surface area contributed by atoms with Gasteiger partial charge in [0.1, 0.15) is 12.0 Å². The number of hydrogen-bond donors (Lipinski definition) is 1. The number of fused-ring (bicyclic) bond motifs is 1. The maximum Gasteiger partial charge on any atom is 0.353 e. The molecule has 6 nitrogen and oxygen atoms in total. The normalized spacial score (nSPS) is 21.8. The zero-order chi connectivity index (χ0) is 20.4. The predicted molar refractivity (Wildman–Crippen MR) is 120 cm³/mol. The first kappa shape index (κ1) is 20.6. The van der Waals surface area contributed by atoms with Gasteiger partial charge >= 0.3 is 5.69 Å². The minimum Gasteiger partial charge on any atom is -0.437 e. The summed E-state index contributed by atoms with van der Waals surface area (Å²) < 4.78 is 13.8. The van der Waals surface area contributed by atoms with Crippen LogP contribution < -0.4 is 5.69 Å². The van der Waals surface area contributed by atoms with E-state index < -0.39 is 18.0 Å². The van der Waals surface area contributed by atoms with Crippen molar-refractivity contribution in [3.8, 4) is 11.3 Å². The van der Waals surface area contributed by atoms with Crippen LogP contribution in [0.1, 0.15) is 44.4 Å². The van der Waals surface area contributed by atoms with Crippen LogP contribution in [0.4, 0.5) is 0 Å². The number of aliphatic hydroxyl groups is 1. The van der Waals surface area contributed by atoms with E-state index in [1.165, 1.54) is 29.4 Å². The molecular weight excluding hydrogens is 483 g/mol. The molecular formula is C22H25IN2O4. The Kier molecular flexibility index (Phi) is 6.36. The van der Waals surface area contributed by atoms with Crippen molar-refractivity contribution in [2.75, 3.05) is 4.43 Å². The van der Waals surface area contributed by atoms with Crippen molar-refractivity contribution in [3.05, 3.63) is 52.6 Å². The second kappa shape index (κ2) is 8.97. The molecule has 29 heavy (non-hydrogen) atoms. The smallest absolute Gasteiger partial charge is 0.353 e. The van der Waals surface area contributed by atoms with Gasteiger partial charge in [-0.25, -0.2) is 4.79 Å². The summed E-state index contributed by atoms with van der Waals surface area (Å²) in [5, 5.41) is 10.8. The second-order valence-corrected chi connectivity index (χ2v) is 8.42. The molecule has 4 rings (SSSR count). The number of nitrogens with zero attached hydrogens (tertiary/aromatic N) is 2. The molecule has 1 saturated heterocycles. The van der Waals surface area contributed by atoms with Crippen molar-refractivity contribution < 1.29 is 14.3 Å². The molecule has 0 saturated carbocycles. The van der Waals surface area contributed by atoms with Crippen LogP contribution in [0, 0.1) is 0 Å². The van der Waals surface area contributed by atoms with Gasteiger partial charge in [0.15, 0.2) is 0 Å². The Balaban J connectivity index is 1.58. The van der Waals surface area contributed by atoms with E-state index in [1.807, 2.05) is 18.2 Å². The predicted octanol–water partition coefficient (Wildman–Crippen LogP) is 4.47. The number of hydrogen-bond acceptors (Lipinski definition) is 5. The average Bonchev–Trinajstić information content (AvgIpc) is 3.30. The zero-order valence-electron chi connectivity index (χ0n) is 16.4. The number of halogens is 1. The average molecular weight is 508 g/mol. The first-order chi connectivity index (χ1) is 14.1. The van der Waals surface area contributed by atoms with Crippen molar-refractivity contribution in [2.24, 2.45) is 0 Å². The number of aliphatic hydroxyl groups excluding tert-OH is 1. The number of alkyl halides is 1. The van der Waals surface area contributed by atoms with E-state index in [0.29, 0.717) is 22.3 Å². The van der Waals surface area contributed by atoms with Gasteiger partial charge in [-0.1, -0.05) is 66.6 Å². The third-order valence-corrected chi connectivity index (χ3v) is 6.28. The lowest BCUT2D eigenvalue weighted by Crippen LogP contribution is -2.26. The first-order valence-corrected chi connectivity index (χ1v) is 11.6. The van der Waals surface area contributed by atoms with Gasteiger partial charge in [0.05, 0.1) is 17.6 Å². The molecule has 1 aliphatic rings. The van der Waals surface area contributed by atoms with Gasteiger partial charge in [0.2, 0.25) is 5.71 Å². The summed E-state index contributed by atoms with van der Waals surface area (Å²) in [6.45, 7) is 2.21. The molecule has 7 heteroatoms. The quantitative estimate of drug-likeness (QED) is 0.290. The number of aryl methyl sites for hydroxylation is 1. The minimum atomic E-state index is -0.574. The van der Waals surface area contributed by atoms with Crippen molar-refractivity contribution >= 4 is 33.7 Å². The maximum atomic E-state index is 12.5. The number of benzene rings is 1. The van der Waals surface area contributed by atoms with Crippen molar-refractivity contribution in [1.29, 1.82) is 0 Å². The second-order valence-electron chi connectivity index (χ2n) is 7.54. The number of rotatable bonds is 7. The van der Waals surface area contributed by atoms with Crippen LogP contribution >= 0.6 is 22.6 Å². The van der Waals surface area contributed by atoms with E-state index in [-0.39, 0.29) is 6.10 Å². The van der Waals surface area contributed by atoms with Gasteiger partial charge in [0.25, 0.3) is 0 Å². The monoisotopic (exact) mass is 508 g/mol. The summed E-state index contributed by atoms with van der Waals surface area (Å²) in [4.78, 5) is 16.6. The van der Waals surface area contributed by atoms with E-state index in [4.69, 9.17) is 9.15 Å². The molecule has 0 bridgehead atoms. The third-order valence-electron chi connectivity index (χ3n) is 5.41. The van der Waals surface area contributed by atoms with Crippen LogP contribution in [-0.2, 0) is 11.2 Å². The molecule has 0 aliphatic carbocycles. The fraction of sp³-hybridized carbons (Fsp3) is 0.455. The van der Waals surface area contributed by atoms with Crippen molar-refractivity contribution in [1.82, 2.24) is 9.55 Å². The Morgan fingerprint density at radius 1 is 1.28 bits per heavy atom. The number of ether oxygens (including phenoxy) is 1. The van der Waals surface area contributed by atoms with Gasteiger partial charge in [-0.2, -0.15) is 4.98 Å². The third kappa shape index (κ3) is 4.41. The Bertz CT molecular complexity index is 1030. The molecule has 3 atom stereocenters. The van der Waals surface area contributed by atoms with Crippen LogP contribution in [0.5, 0.6) is 0 Å². The van der Waals surface area contributed by atoms with Crippen LogP contribution in [-0.4, -0.2) is 31.3 Å². The van der Waals surface area contributed by atoms with E-state index in [1.54, 1.807) is 6.20 Å². The van der Waals surface area contributed by atoms with Gasteiger partial charge < -0.3 is 14.3 Å². The van der Waals surface area contributed by atoms with E-state index in [9.17, 15) is 9.90 Å². The molecule has 0 unspecified atom stereocenters. The van der Waals surface area contributed by atoms with Gasteiger partial charge in [-0.05, 0) is 24.5 Å². The fourth-order valence-electron chi connectivity index (χ4n) is 3.71. The summed E-state index contributed by atoms with van der Waals surface area (Å²) in [5.41, 5.74) is 2.16. The summed E-state index contributed by atoms with van der Waals surface area (Å²) in [5.74, 6) is 0.683. The molecule has 3 aromatic rings. The molecule has 2 aromatic heterocycles. The summed E-state index contributed by atoms with van der Waals surface area (Å²) in [6.07, 6.45) is 5.50. The Labute approximate surface area is 183 Å². The van der Waals surface area contributed by atoms with Crippen molar-refractivity contribution in [2.45, 2.75) is 57.5 Å². The number of aromatic nitrogens is 2. The first-order valence-electron chi connectivity index (χ1n) is 10.1. The largest absolute Gasteiger partial charge is 0.437 e. The Morgan fingerprint density at radius 3 is 2.76 bits per heavy atom. The van der Waals surface area contributed by atoms with Crippen LogP contribution in [0.2, 0.25) is 0 Å². The highest BCUT2D eigenvalue weighted by atomic mass is 127. The molecule has 1 aromatic carbocycles. The van der Waals surface area contributed by atoms with Crippen LogP contribution in [0.3, 0.4) is 0 Å². The van der Waals surface area contributed by atoms with Crippen LogP contribution in [0.15, 0.2) is 45.7 Å². The lowest BCUT2D eigenvalue weighted by molar-refractivity contribution is -0.00583. The lowest BCUT2D eigenvalue weighted by Gasteiger charge is -2.13. The number of furan rings is 1. The standard InChI is InChI=1S/C22H25IN2O4/c1-2-3-4-5-14-6-8-15(9-7-14)18-10-16-13-25(22(27)24-21(16)29-18)20-11-17(26)19(12-23)28-20/h6-10,13,17,19-20,26H,2-5,11-12H2,1H3/t17-,19+,20+/m0/s1. The molecule has 154 valence electrons. The number of unbranched alkanes of at least 4 members (excludes halogenated alkanes) is 2. The Morgan fingerprint density at radius 2 is 2.07 bits per heavy atom. The highest BCUT2D eigenvalue weighted by molar-refractivity contribution is 14.1. The van der Waals surface area contributed by atoms with Gasteiger partial charge in [-0.3, -0.25) is 4.57 Å². The minimum absolute atomic E-state index is 0.265. The highest BCUT2D eigenvalue weighted by Crippen LogP contribution is 2.31. The molecule has 0 amide bonds. The zero-order valence-corrected chi connectivity index (χ0v) is 18.5. The molecule has 1 N–H and O–H groups in total. The Hall–Kier alpha value is -1.71. The highest BCUT2D eigenvalue weighted by Gasteiger charge is 2.34. The van der Waals surface area contributed by atoms with Gasteiger partial charge in [-0.15, -0.1) is 0 Å². The summed E-state index contributed by atoms with van der Waals surface area (Å²) in [6, 6.07) is 10.2. The molecule has 0 radical (unpaired) electrons. The van der Waals surface area contributed by atoms with E-state index in [2.05, 4.69) is 46.6 Å². The van der Waals surface area contributed by atoms with E-state index >= 15 is 0 Å². The topological polar surface area (TPSA) is 77.5 Å². The fourth-order valence-corrected chi connectivity index (χ4v) is 4.51. The van der Waals surface area contributed by atoms with Gasteiger partial charge in [0, 0.05) is 22.6 Å².